The van der Waals surface area contributed by atoms with Crippen LogP contribution in [0.4, 0.5) is 0 Å². The van der Waals surface area contributed by atoms with E-state index in [1.165, 1.54) is 0 Å². The quantitative estimate of drug-likeness (QED) is 0.680. The average Bonchev–Trinajstić information content (AvgIpc) is 2.34. The second-order valence-electron chi connectivity index (χ2n) is 4.50. The van der Waals surface area contributed by atoms with Crippen LogP contribution in [0.15, 0.2) is 30.3 Å². The van der Waals surface area contributed by atoms with Gasteiger partial charge in [0.15, 0.2) is 0 Å². The highest BCUT2D eigenvalue weighted by molar-refractivity contribution is 5.20. The SMILES string of the molecule is CC(C)C(CO)NCCCOc1ccccc1. The van der Waals surface area contributed by atoms with Gasteiger partial charge in [-0.25, -0.2) is 0 Å². The number of hydrogen-bond acceptors (Lipinski definition) is 3. The third kappa shape index (κ3) is 5.71. The Bertz CT molecular complexity index is 288. The molecular formula is C14H23NO2. The number of aliphatic hydroxyl groups is 1. The van der Waals surface area contributed by atoms with E-state index in [9.17, 15) is 0 Å². The molecule has 0 bridgehead atoms. The van der Waals surface area contributed by atoms with Gasteiger partial charge in [0.2, 0.25) is 0 Å². The summed E-state index contributed by atoms with van der Waals surface area (Å²) in [5, 5.41) is 12.5. The van der Waals surface area contributed by atoms with Crippen LogP contribution in [0.5, 0.6) is 5.75 Å². The average molecular weight is 237 g/mol. The van der Waals surface area contributed by atoms with Gasteiger partial charge in [0.05, 0.1) is 13.2 Å². The Kier molecular flexibility index (Phi) is 6.67. The van der Waals surface area contributed by atoms with Crippen LogP contribution in [0.3, 0.4) is 0 Å². The normalized spacial score (nSPS) is 12.7. The van der Waals surface area contributed by atoms with Gasteiger partial charge in [0.1, 0.15) is 5.75 Å². The molecule has 96 valence electrons. The molecule has 0 aromatic heterocycles. The van der Waals surface area contributed by atoms with Crippen molar-refractivity contribution < 1.29 is 9.84 Å². The van der Waals surface area contributed by atoms with Gasteiger partial charge < -0.3 is 15.2 Å². The summed E-state index contributed by atoms with van der Waals surface area (Å²) in [5.41, 5.74) is 0. The second kappa shape index (κ2) is 8.09. The maximum Gasteiger partial charge on any atom is 0.119 e. The lowest BCUT2D eigenvalue weighted by Gasteiger charge is -2.19. The molecule has 0 amide bonds. The smallest absolute Gasteiger partial charge is 0.119 e. The first-order valence-corrected chi connectivity index (χ1v) is 6.26. The van der Waals surface area contributed by atoms with Crippen molar-refractivity contribution in [2.24, 2.45) is 5.92 Å². The van der Waals surface area contributed by atoms with Crippen molar-refractivity contribution in [3.8, 4) is 5.75 Å². The predicted molar refractivity (Wildman–Crippen MR) is 70.3 cm³/mol. The van der Waals surface area contributed by atoms with Gasteiger partial charge in [-0.1, -0.05) is 32.0 Å². The van der Waals surface area contributed by atoms with Crippen molar-refractivity contribution >= 4 is 0 Å². The van der Waals surface area contributed by atoms with E-state index in [0.29, 0.717) is 12.5 Å². The Balaban J connectivity index is 2.08. The molecule has 17 heavy (non-hydrogen) atoms. The highest BCUT2D eigenvalue weighted by Gasteiger charge is 2.09. The summed E-state index contributed by atoms with van der Waals surface area (Å²) in [6, 6.07) is 10.0. The van der Waals surface area contributed by atoms with Crippen molar-refractivity contribution in [2.75, 3.05) is 19.8 Å². The number of aliphatic hydroxyl groups excluding tert-OH is 1. The van der Waals surface area contributed by atoms with E-state index in [-0.39, 0.29) is 12.6 Å². The molecule has 0 aliphatic carbocycles. The number of rotatable bonds is 8. The Morgan fingerprint density at radius 1 is 1.24 bits per heavy atom. The van der Waals surface area contributed by atoms with E-state index in [1.807, 2.05) is 30.3 Å². The molecule has 3 heteroatoms. The van der Waals surface area contributed by atoms with Gasteiger partial charge in [-0.05, 0) is 31.0 Å². The summed E-state index contributed by atoms with van der Waals surface area (Å²) in [4.78, 5) is 0. The highest BCUT2D eigenvalue weighted by Crippen LogP contribution is 2.08. The largest absolute Gasteiger partial charge is 0.494 e. The second-order valence-corrected chi connectivity index (χ2v) is 4.50. The van der Waals surface area contributed by atoms with Crippen molar-refractivity contribution in [3.05, 3.63) is 30.3 Å². The monoisotopic (exact) mass is 237 g/mol. The fourth-order valence-corrected chi connectivity index (χ4v) is 1.58. The van der Waals surface area contributed by atoms with Gasteiger partial charge in [0, 0.05) is 6.04 Å². The first-order chi connectivity index (χ1) is 8.24. The summed E-state index contributed by atoms with van der Waals surface area (Å²) in [5.74, 6) is 1.37. The minimum Gasteiger partial charge on any atom is -0.494 e. The Hall–Kier alpha value is -1.06. The molecule has 0 aliphatic heterocycles. The molecule has 0 radical (unpaired) electrons. The van der Waals surface area contributed by atoms with Crippen LogP contribution in [0.1, 0.15) is 20.3 Å². The zero-order chi connectivity index (χ0) is 12.5. The van der Waals surface area contributed by atoms with Gasteiger partial charge in [-0.2, -0.15) is 0 Å². The number of hydrogen-bond donors (Lipinski definition) is 2. The molecule has 0 aliphatic rings. The molecule has 0 heterocycles. The fourth-order valence-electron chi connectivity index (χ4n) is 1.58. The maximum absolute atomic E-state index is 9.14. The molecular weight excluding hydrogens is 214 g/mol. The summed E-state index contributed by atoms with van der Waals surface area (Å²) in [6.07, 6.45) is 0.943. The molecule has 3 nitrogen and oxygen atoms in total. The third-order valence-electron chi connectivity index (χ3n) is 2.74. The summed E-state index contributed by atoms with van der Waals surface area (Å²) < 4.78 is 5.58. The first kappa shape index (κ1) is 14.0. The summed E-state index contributed by atoms with van der Waals surface area (Å²) >= 11 is 0. The molecule has 1 rings (SSSR count). The van der Waals surface area contributed by atoms with E-state index in [2.05, 4.69) is 19.2 Å². The highest BCUT2D eigenvalue weighted by atomic mass is 16.5. The van der Waals surface area contributed by atoms with Gasteiger partial charge in [-0.15, -0.1) is 0 Å². The standard InChI is InChI=1S/C14H23NO2/c1-12(2)14(11-16)15-9-6-10-17-13-7-4-3-5-8-13/h3-5,7-8,12,14-16H,6,9-11H2,1-2H3. The Morgan fingerprint density at radius 3 is 2.53 bits per heavy atom. The summed E-state index contributed by atoms with van der Waals surface area (Å²) in [7, 11) is 0. The molecule has 2 N–H and O–H groups in total. The van der Waals surface area contributed by atoms with Gasteiger partial charge in [-0.3, -0.25) is 0 Å². The van der Waals surface area contributed by atoms with Crippen LogP contribution in [-0.2, 0) is 0 Å². The zero-order valence-corrected chi connectivity index (χ0v) is 10.7. The van der Waals surface area contributed by atoms with E-state index in [0.717, 1.165) is 18.7 Å². The van der Waals surface area contributed by atoms with E-state index >= 15 is 0 Å². The predicted octanol–water partition coefficient (Wildman–Crippen LogP) is 2.06. The van der Waals surface area contributed by atoms with Crippen LogP contribution < -0.4 is 10.1 Å². The molecule has 0 saturated heterocycles. The van der Waals surface area contributed by atoms with Crippen molar-refractivity contribution in [2.45, 2.75) is 26.3 Å². The van der Waals surface area contributed by atoms with Crippen LogP contribution in [0.25, 0.3) is 0 Å². The fraction of sp³-hybridized carbons (Fsp3) is 0.571. The lowest BCUT2D eigenvalue weighted by molar-refractivity contribution is 0.207. The number of para-hydroxylation sites is 1. The number of benzene rings is 1. The Morgan fingerprint density at radius 2 is 1.94 bits per heavy atom. The first-order valence-electron chi connectivity index (χ1n) is 6.26. The minimum atomic E-state index is 0.187. The number of nitrogens with one attached hydrogen (secondary N) is 1. The van der Waals surface area contributed by atoms with Crippen LogP contribution in [0, 0.1) is 5.92 Å². The van der Waals surface area contributed by atoms with Crippen molar-refractivity contribution in [3.63, 3.8) is 0 Å². The summed E-state index contributed by atoms with van der Waals surface area (Å²) in [6.45, 7) is 5.98. The molecule has 0 saturated carbocycles. The van der Waals surface area contributed by atoms with Gasteiger partial charge in [0.25, 0.3) is 0 Å². The Labute approximate surface area is 104 Å². The lowest BCUT2D eigenvalue weighted by Crippen LogP contribution is -2.37. The number of ether oxygens (including phenoxy) is 1. The lowest BCUT2D eigenvalue weighted by atomic mass is 10.1. The third-order valence-corrected chi connectivity index (χ3v) is 2.74. The molecule has 0 spiro atoms. The van der Waals surface area contributed by atoms with Crippen LogP contribution in [-0.4, -0.2) is 30.9 Å². The molecule has 1 unspecified atom stereocenters. The molecule has 1 aromatic rings. The topological polar surface area (TPSA) is 41.5 Å². The molecule has 1 atom stereocenters. The van der Waals surface area contributed by atoms with E-state index in [4.69, 9.17) is 9.84 Å². The van der Waals surface area contributed by atoms with Crippen LogP contribution in [0.2, 0.25) is 0 Å². The van der Waals surface area contributed by atoms with Crippen LogP contribution >= 0.6 is 0 Å². The molecule has 1 aromatic carbocycles. The van der Waals surface area contributed by atoms with Crippen molar-refractivity contribution in [1.29, 1.82) is 0 Å². The van der Waals surface area contributed by atoms with Gasteiger partial charge >= 0.3 is 0 Å². The molecule has 0 fully saturated rings. The maximum atomic E-state index is 9.14. The van der Waals surface area contributed by atoms with E-state index in [1.54, 1.807) is 0 Å². The van der Waals surface area contributed by atoms with E-state index < -0.39 is 0 Å². The van der Waals surface area contributed by atoms with Crippen molar-refractivity contribution in [1.82, 2.24) is 5.32 Å². The minimum absolute atomic E-state index is 0.187. The zero-order valence-electron chi connectivity index (χ0n) is 10.7.